The van der Waals surface area contributed by atoms with Gasteiger partial charge in [0.2, 0.25) is 0 Å². The zero-order valence-electron chi connectivity index (χ0n) is 3.38. The second-order valence-electron chi connectivity index (χ2n) is 0.871. The molecule has 0 aliphatic rings. The zero-order chi connectivity index (χ0) is 5.21. The molecule has 0 amide bonds. The third kappa shape index (κ3) is 11.1. The number of hydrogen-bond acceptors (Lipinski definition) is 2. The number of hydrogen-bond donors (Lipinski definition) is 1. The summed E-state index contributed by atoms with van der Waals surface area (Å²) < 4.78 is 19.7. The van der Waals surface area contributed by atoms with Gasteiger partial charge in [0.05, 0.1) is 5.75 Å². The first-order valence-electron chi connectivity index (χ1n) is 1.51. The maximum absolute atomic E-state index is 9.86. The summed E-state index contributed by atoms with van der Waals surface area (Å²) in [4.78, 5) is 0. The Bertz CT molecular complexity index is 116. The van der Waals surface area contributed by atoms with E-state index in [2.05, 4.69) is 11.7 Å². The van der Waals surface area contributed by atoms with E-state index in [1.165, 1.54) is 0 Å². The molecule has 40 valence electrons. The molecule has 0 aliphatic heterocycles. The van der Waals surface area contributed by atoms with Gasteiger partial charge in [-0.3, -0.25) is 0 Å². The molecule has 0 saturated heterocycles. The van der Waals surface area contributed by atoms with Crippen LogP contribution in [0.25, 0.3) is 0 Å². The van der Waals surface area contributed by atoms with Gasteiger partial charge in [0.1, 0.15) is 0 Å². The second-order valence-corrected chi connectivity index (χ2v) is 4.28. The van der Waals surface area contributed by atoms with Gasteiger partial charge < -0.3 is 0 Å². The molecule has 0 N–H and O–H groups in total. The summed E-state index contributed by atoms with van der Waals surface area (Å²) in [6.07, 6.45) is 0. The molecule has 0 aromatic heterocycles. The predicted octanol–water partition coefficient (Wildman–Crippen LogP) is -0.383. The molecule has 0 rings (SSSR count). The monoisotopic (exact) mass is 150 g/mol. The molecule has 0 atom stereocenters. The quantitative estimate of drug-likeness (QED) is 0.314. The van der Waals surface area contributed by atoms with E-state index >= 15 is 0 Å². The van der Waals surface area contributed by atoms with Crippen molar-refractivity contribution >= 4 is 50.1 Å². The Hall–Kier alpha value is 1.30. The van der Waals surface area contributed by atoms with Crippen molar-refractivity contribution in [3.05, 3.63) is 0 Å². The Labute approximate surface area is 70.7 Å². The van der Waals surface area contributed by atoms with E-state index in [4.69, 9.17) is 0 Å². The van der Waals surface area contributed by atoms with Crippen molar-refractivity contribution in [1.29, 1.82) is 0 Å². The summed E-state index contributed by atoms with van der Waals surface area (Å²) in [5.74, 6) is 0.107. The van der Waals surface area contributed by atoms with Crippen molar-refractivity contribution in [1.82, 2.24) is 0 Å². The first-order chi connectivity index (χ1) is 2.56. The average Bonchev–Trinajstić information content (AvgIpc) is 1.35. The summed E-state index contributed by atoms with van der Waals surface area (Å²) in [6.45, 7) is 1.54. The molecule has 7 heavy (non-hydrogen) atoms. The normalized spacial score (nSPS) is 10.0. The Morgan fingerprint density at radius 3 is 1.71 bits per heavy atom. The molecule has 0 bridgehead atoms. The van der Waals surface area contributed by atoms with Crippen LogP contribution in [0, 0.1) is 0 Å². The van der Waals surface area contributed by atoms with E-state index in [1.54, 1.807) is 6.92 Å². The summed E-state index contributed by atoms with van der Waals surface area (Å²) in [6, 6.07) is 0. The molecule has 0 spiro atoms. The van der Waals surface area contributed by atoms with Gasteiger partial charge >= 0.3 is 29.6 Å². The Balaban J connectivity index is 0. The van der Waals surface area contributed by atoms with E-state index in [9.17, 15) is 8.42 Å². The van der Waals surface area contributed by atoms with Crippen LogP contribution < -0.4 is 0 Å². The van der Waals surface area contributed by atoms with Crippen molar-refractivity contribution in [2.45, 2.75) is 6.92 Å². The van der Waals surface area contributed by atoms with E-state index in [0.29, 0.717) is 0 Å². The first-order valence-corrected chi connectivity index (χ1v) is 4.22. The SMILES string of the molecule is CCS(=O)(=O)S.[NaH]. The van der Waals surface area contributed by atoms with Crippen molar-refractivity contribution in [3.8, 4) is 0 Å². The van der Waals surface area contributed by atoms with Crippen LogP contribution in [0.3, 0.4) is 0 Å². The van der Waals surface area contributed by atoms with Crippen molar-refractivity contribution < 1.29 is 8.42 Å². The zero-order valence-corrected chi connectivity index (χ0v) is 5.09. The standard InChI is InChI=1S/C2H6O2S2.Na.H/c1-2-6(3,4)5;;/h2H2,1H3,(H,3,4,5);;. The van der Waals surface area contributed by atoms with E-state index in [1.807, 2.05) is 0 Å². The third-order valence-electron chi connectivity index (χ3n) is 0.365. The minimum atomic E-state index is -2.97. The van der Waals surface area contributed by atoms with Gasteiger partial charge in [0, 0.05) is 0 Å². The van der Waals surface area contributed by atoms with Gasteiger partial charge in [-0.2, -0.15) is 0 Å². The molecule has 0 saturated carbocycles. The Kier molecular flexibility index (Phi) is 6.70. The van der Waals surface area contributed by atoms with Crippen LogP contribution in [-0.4, -0.2) is 43.7 Å². The van der Waals surface area contributed by atoms with Crippen LogP contribution in [0.2, 0.25) is 0 Å². The molecular weight excluding hydrogens is 143 g/mol. The van der Waals surface area contributed by atoms with Crippen molar-refractivity contribution in [3.63, 3.8) is 0 Å². The maximum atomic E-state index is 9.86. The molecule has 0 heterocycles. The molecule has 0 fully saturated rings. The summed E-state index contributed by atoms with van der Waals surface area (Å²) in [7, 11) is -2.97. The Morgan fingerprint density at radius 2 is 1.71 bits per heavy atom. The van der Waals surface area contributed by atoms with Gasteiger partial charge in [0.25, 0.3) is 0 Å². The molecule has 0 aliphatic carbocycles. The second kappa shape index (κ2) is 4.21. The van der Waals surface area contributed by atoms with E-state index in [-0.39, 0.29) is 35.3 Å². The van der Waals surface area contributed by atoms with E-state index < -0.39 is 8.87 Å². The van der Waals surface area contributed by atoms with Crippen molar-refractivity contribution in [2.75, 3.05) is 5.75 Å². The van der Waals surface area contributed by atoms with Gasteiger partial charge in [-0.15, -0.1) is 0 Å². The van der Waals surface area contributed by atoms with Crippen LogP contribution in [0.4, 0.5) is 0 Å². The minimum absolute atomic E-state index is 0. The first kappa shape index (κ1) is 11.1. The summed E-state index contributed by atoms with van der Waals surface area (Å²) in [5.41, 5.74) is 0. The molecule has 0 unspecified atom stereocenters. The van der Waals surface area contributed by atoms with Gasteiger partial charge in [-0.1, -0.05) is 6.92 Å². The summed E-state index contributed by atoms with van der Waals surface area (Å²) >= 11 is 3.23. The molecule has 2 nitrogen and oxygen atoms in total. The third-order valence-corrected chi connectivity index (χ3v) is 1.87. The van der Waals surface area contributed by atoms with Crippen LogP contribution in [0.5, 0.6) is 0 Å². The van der Waals surface area contributed by atoms with Crippen LogP contribution in [-0.2, 0) is 8.87 Å². The molecule has 0 aromatic rings. The fourth-order valence-corrected chi connectivity index (χ4v) is 0. The number of rotatable bonds is 1. The van der Waals surface area contributed by atoms with Gasteiger partial charge in [0.15, 0.2) is 8.87 Å². The fourth-order valence-electron chi connectivity index (χ4n) is 0. The molecule has 5 heteroatoms. The average molecular weight is 150 g/mol. The topological polar surface area (TPSA) is 34.1 Å². The van der Waals surface area contributed by atoms with Crippen molar-refractivity contribution in [2.24, 2.45) is 0 Å². The fraction of sp³-hybridized carbons (Fsp3) is 1.00. The van der Waals surface area contributed by atoms with Gasteiger partial charge in [-0.25, -0.2) is 8.42 Å². The van der Waals surface area contributed by atoms with E-state index in [0.717, 1.165) is 0 Å². The van der Waals surface area contributed by atoms with Gasteiger partial charge in [-0.05, 0) is 11.7 Å². The summed E-state index contributed by atoms with van der Waals surface area (Å²) in [5, 5.41) is 0. The van der Waals surface area contributed by atoms with Crippen LogP contribution in [0.1, 0.15) is 6.92 Å². The van der Waals surface area contributed by atoms with Crippen LogP contribution in [0.15, 0.2) is 0 Å². The Morgan fingerprint density at radius 1 is 1.57 bits per heavy atom. The predicted molar refractivity (Wildman–Crippen MR) is 35.6 cm³/mol. The molecule has 0 radical (unpaired) electrons. The van der Waals surface area contributed by atoms with Crippen LogP contribution >= 0.6 is 11.7 Å². The number of thiol groups is 1. The molecule has 0 aromatic carbocycles. The molecular formula is C2H7NaO2S2.